The van der Waals surface area contributed by atoms with Gasteiger partial charge in [0, 0.05) is 31.7 Å². The van der Waals surface area contributed by atoms with Gasteiger partial charge in [0.15, 0.2) is 17.8 Å². The molecule has 2 aromatic heterocycles. The van der Waals surface area contributed by atoms with Crippen LogP contribution >= 0.6 is 0 Å². The quantitative estimate of drug-likeness (QED) is 0.605. The topological polar surface area (TPSA) is 98.3 Å². The van der Waals surface area contributed by atoms with Crippen molar-refractivity contribution in [1.82, 2.24) is 20.2 Å². The maximum Gasteiger partial charge on any atom is 0.417 e. The maximum absolute atomic E-state index is 14.7. The Morgan fingerprint density at radius 2 is 2.14 bits per heavy atom. The van der Waals surface area contributed by atoms with Gasteiger partial charge in [-0.05, 0) is 24.5 Å². The number of ether oxygens (including phenoxy) is 4. The second kappa shape index (κ2) is 9.74. The predicted molar refractivity (Wildman–Crippen MR) is 132 cm³/mol. The minimum atomic E-state index is -0.485. The molecule has 0 bridgehead atoms. The zero-order valence-corrected chi connectivity index (χ0v) is 20.2. The molecule has 3 aliphatic heterocycles. The van der Waals surface area contributed by atoms with E-state index in [1.54, 1.807) is 12.1 Å². The number of pyridine rings is 2. The number of allylic oxidation sites excluding steroid dienone is 4. The summed E-state index contributed by atoms with van der Waals surface area (Å²) in [5, 5.41) is 3.41. The molecule has 2 saturated heterocycles. The molecule has 2 fully saturated rings. The molecule has 192 valence electrons. The molecule has 37 heavy (non-hydrogen) atoms. The number of carbonyl (C=O) groups excluding carboxylic acids is 1. The highest BCUT2D eigenvalue weighted by Crippen LogP contribution is 2.32. The molecule has 1 amide bonds. The molecular weight excluding hydrogens is 481 g/mol. The van der Waals surface area contributed by atoms with Crippen molar-refractivity contribution in [3.8, 4) is 5.88 Å². The van der Waals surface area contributed by atoms with Crippen molar-refractivity contribution < 1.29 is 28.1 Å². The van der Waals surface area contributed by atoms with E-state index in [-0.39, 0.29) is 12.1 Å². The number of fused-ring (bicyclic) bond motifs is 1. The smallest absolute Gasteiger partial charge is 0.417 e. The summed E-state index contributed by atoms with van der Waals surface area (Å²) in [5.41, 5.74) is 2.49. The number of nitrogens with zero attached hydrogens (tertiary/aromatic N) is 4. The molecule has 1 N–H and O–H groups in total. The Balaban J connectivity index is 1.03. The van der Waals surface area contributed by atoms with Gasteiger partial charge in [-0.25, -0.2) is 19.1 Å². The van der Waals surface area contributed by atoms with Crippen LogP contribution in [0, 0.1) is 5.82 Å². The van der Waals surface area contributed by atoms with Gasteiger partial charge in [0.2, 0.25) is 11.8 Å². The third-order valence-corrected chi connectivity index (χ3v) is 6.69. The lowest BCUT2D eigenvalue weighted by molar-refractivity contribution is 0.117. The minimum absolute atomic E-state index is 0.107. The summed E-state index contributed by atoms with van der Waals surface area (Å²) in [6, 6.07) is 3.57. The van der Waals surface area contributed by atoms with Crippen LogP contribution in [-0.4, -0.2) is 66.4 Å². The number of aromatic nitrogens is 2. The second-order valence-electron chi connectivity index (χ2n) is 9.14. The molecule has 0 radical (unpaired) electrons. The van der Waals surface area contributed by atoms with Crippen molar-refractivity contribution in [2.45, 2.75) is 25.0 Å². The van der Waals surface area contributed by atoms with Crippen molar-refractivity contribution in [1.29, 1.82) is 0 Å². The van der Waals surface area contributed by atoms with Crippen molar-refractivity contribution >= 4 is 22.8 Å². The predicted octanol–water partition coefficient (Wildman–Crippen LogP) is 3.34. The fraction of sp³-hybridized carbons (Fsp3) is 0.346. The molecule has 6 rings (SSSR count). The Morgan fingerprint density at radius 1 is 1.24 bits per heavy atom. The van der Waals surface area contributed by atoms with Gasteiger partial charge >= 0.3 is 6.09 Å². The highest BCUT2D eigenvalue weighted by atomic mass is 19.1. The normalized spacial score (nSPS) is 21.5. The van der Waals surface area contributed by atoms with Crippen LogP contribution in [0.2, 0.25) is 0 Å². The first kappa shape index (κ1) is 23.3. The van der Waals surface area contributed by atoms with Crippen molar-refractivity contribution in [2.75, 3.05) is 38.2 Å². The first-order valence-corrected chi connectivity index (χ1v) is 12.1. The third kappa shape index (κ3) is 4.57. The van der Waals surface area contributed by atoms with Gasteiger partial charge in [-0.15, -0.1) is 0 Å². The SMILES string of the molecule is COc1ccc2ncc(F)c(N3CC(NC[C@@H]4CN(C5=COC=C(C6=CC=CCC6)O5)C(=O)O4)C3)c2n1. The number of cyclic esters (lactones) is 1. The standard InChI is InChI=1S/C26H26FN5O5/c1-34-22-8-7-20-24(30-22)25(19(27)10-29-20)31-11-17(12-31)28-9-18-13-32(26(33)36-18)23-15-35-14-21(37-23)16-5-3-2-4-6-16/h2-3,5,7-8,10,14-15,17-18,28H,4,6,9,11-13H2,1H3/t18-/m1/s1. The number of halogens is 1. The Morgan fingerprint density at radius 3 is 2.95 bits per heavy atom. The van der Waals surface area contributed by atoms with Crippen molar-refractivity contribution in [2.24, 2.45) is 0 Å². The molecule has 0 saturated carbocycles. The zero-order chi connectivity index (χ0) is 25.4. The molecule has 1 atom stereocenters. The lowest BCUT2D eigenvalue weighted by Crippen LogP contribution is -2.59. The number of carbonyl (C=O) groups is 1. The average Bonchev–Trinajstić information content (AvgIpc) is 3.29. The fourth-order valence-corrected chi connectivity index (χ4v) is 4.71. The molecule has 4 aliphatic rings. The highest BCUT2D eigenvalue weighted by Gasteiger charge is 2.38. The number of nitrogens with one attached hydrogen (secondary N) is 1. The summed E-state index contributed by atoms with van der Waals surface area (Å²) in [4.78, 5) is 24.4. The maximum atomic E-state index is 14.7. The number of amides is 1. The van der Waals surface area contributed by atoms with E-state index in [9.17, 15) is 9.18 Å². The van der Waals surface area contributed by atoms with Crippen LogP contribution in [0.15, 0.2) is 66.3 Å². The van der Waals surface area contributed by atoms with Crippen molar-refractivity contribution in [3.63, 3.8) is 0 Å². The summed E-state index contributed by atoms with van der Waals surface area (Å²) in [6.45, 7) is 1.95. The van der Waals surface area contributed by atoms with Crippen LogP contribution in [0.4, 0.5) is 14.9 Å². The number of anilines is 1. The second-order valence-corrected chi connectivity index (χ2v) is 9.14. The molecule has 5 heterocycles. The number of methoxy groups -OCH3 is 1. The number of hydrogen-bond donors (Lipinski definition) is 1. The van der Waals surface area contributed by atoms with Crippen LogP contribution in [0.25, 0.3) is 11.0 Å². The first-order valence-electron chi connectivity index (χ1n) is 12.1. The summed E-state index contributed by atoms with van der Waals surface area (Å²) in [6.07, 6.45) is 11.1. The molecule has 0 unspecified atom stereocenters. The van der Waals surface area contributed by atoms with E-state index in [0.717, 1.165) is 18.4 Å². The molecular formula is C26H26FN5O5. The van der Waals surface area contributed by atoms with Gasteiger partial charge in [-0.2, -0.15) is 0 Å². The summed E-state index contributed by atoms with van der Waals surface area (Å²) >= 11 is 0. The van der Waals surface area contributed by atoms with E-state index in [4.69, 9.17) is 18.9 Å². The Bertz CT molecular complexity index is 1350. The molecule has 10 nitrogen and oxygen atoms in total. The molecule has 0 aromatic carbocycles. The summed E-state index contributed by atoms with van der Waals surface area (Å²) < 4.78 is 36.8. The zero-order valence-electron chi connectivity index (χ0n) is 20.2. The largest absolute Gasteiger partial charge is 0.481 e. The summed E-state index contributed by atoms with van der Waals surface area (Å²) in [5.74, 6) is 0.872. The monoisotopic (exact) mass is 507 g/mol. The van der Waals surface area contributed by atoms with E-state index in [0.29, 0.717) is 60.4 Å². The molecule has 0 spiro atoms. The molecule has 1 aliphatic carbocycles. The van der Waals surface area contributed by atoms with Crippen LogP contribution in [0.3, 0.4) is 0 Å². The van der Waals surface area contributed by atoms with E-state index in [2.05, 4.69) is 21.4 Å². The van der Waals surface area contributed by atoms with Gasteiger partial charge in [-0.1, -0.05) is 18.2 Å². The minimum Gasteiger partial charge on any atom is -0.481 e. The van der Waals surface area contributed by atoms with Gasteiger partial charge in [0.25, 0.3) is 0 Å². The highest BCUT2D eigenvalue weighted by molar-refractivity contribution is 5.89. The first-order chi connectivity index (χ1) is 18.1. The molecule has 2 aromatic rings. The Hall–Kier alpha value is -4.12. The van der Waals surface area contributed by atoms with E-state index >= 15 is 0 Å². The van der Waals surface area contributed by atoms with E-state index in [1.807, 2.05) is 17.1 Å². The van der Waals surface area contributed by atoms with Gasteiger partial charge in [-0.3, -0.25) is 4.98 Å². The molecule has 11 heteroatoms. The van der Waals surface area contributed by atoms with Gasteiger partial charge in [0.1, 0.15) is 23.6 Å². The van der Waals surface area contributed by atoms with Crippen molar-refractivity contribution in [3.05, 3.63) is 72.1 Å². The third-order valence-electron chi connectivity index (χ3n) is 6.69. The van der Waals surface area contributed by atoms with E-state index in [1.165, 1.54) is 30.7 Å². The Kier molecular flexibility index (Phi) is 6.13. The van der Waals surface area contributed by atoms with Crippen LogP contribution in [0.5, 0.6) is 5.88 Å². The van der Waals surface area contributed by atoms with Crippen LogP contribution in [-0.2, 0) is 14.2 Å². The van der Waals surface area contributed by atoms with E-state index < -0.39 is 11.9 Å². The summed E-state index contributed by atoms with van der Waals surface area (Å²) in [7, 11) is 1.52. The lowest BCUT2D eigenvalue weighted by Gasteiger charge is -2.42. The average molecular weight is 508 g/mol. The van der Waals surface area contributed by atoms with Crippen LogP contribution < -0.4 is 15.0 Å². The Labute approximate surface area is 212 Å². The number of hydrogen-bond acceptors (Lipinski definition) is 9. The van der Waals surface area contributed by atoms with Crippen LogP contribution in [0.1, 0.15) is 12.8 Å². The van der Waals surface area contributed by atoms with Gasteiger partial charge < -0.3 is 29.2 Å². The lowest BCUT2D eigenvalue weighted by atomic mass is 10.0. The van der Waals surface area contributed by atoms with Gasteiger partial charge in [0.05, 0.1) is 25.4 Å². The number of rotatable bonds is 7. The fourth-order valence-electron chi connectivity index (χ4n) is 4.71.